The van der Waals surface area contributed by atoms with Crippen molar-refractivity contribution in [3.63, 3.8) is 0 Å². The highest BCUT2D eigenvalue weighted by atomic mass is 32.1. The minimum atomic E-state index is -0.944. The minimum absolute atomic E-state index is 0.0200. The number of carboxylic acid groups (broad SMARTS) is 1. The molecular weight excluding hydrogens is 338 g/mol. The van der Waals surface area contributed by atoms with Crippen molar-refractivity contribution < 1.29 is 19.4 Å². The third kappa shape index (κ3) is 4.19. The Morgan fingerprint density at radius 1 is 1.32 bits per heavy atom. The van der Waals surface area contributed by atoms with Crippen LogP contribution in [-0.4, -0.2) is 30.2 Å². The van der Waals surface area contributed by atoms with Crippen molar-refractivity contribution >= 4 is 33.3 Å². The standard InChI is InChI=1S/C19H23NO4S/c1-24-13-6-4-5-12(9-13)10-17(21)20-11-15-14-7-2-3-8-16(14)25-18(15)19(22)23/h2-3,7-8,12-13H,4-6,9-11H2,1H3,(H,20,21)(H,22,23). The number of nitrogens with one attached hydrogen (secondary N) is 1. The predicted molar refractivity (Wildman–Crippen MR) is 98.0 cm³/mol. The van der Waals surface area contributed by atoms with Gasteiger partial charge in [0.2, 0.25) is 5.91 Å². The third-order valence-electron chi connectivity index (χ3n) is 4.90. The molecular formula is C19H23NO4S. The number of fused-ring (bicyclic) bond motifs is 1. The minimum Gasteiger partial charge on any atom is -0.477 e. The molecule has 2 unspecified atom stereocenters. The lowest BCUT2D eigenvalue weighted by molar-refractivity contribution is -0.122. The molecule has 0 saturated heterocycles. The van der Waals surface area contributed by atoms with Gasteiger partial charge in [-0.2, -0.15) is 0 Å². The van der Waals surface area contributed by atoms with Gasteiger partial charge < -0.3 is 15.2 Å². The zero-order chi connectivity index (χ0) is 17.8. The quantitative estimate of drug-likeness (QED) is 0.820. The summed E-state index contributed by atoms with van der Waals surface area (Å²) in [6.45, 7) is 0.255. The van der Waals surface area contributed by atoms with Gasteiger partial charge in [-0.1, -0.05) is 24.6 Å². The van der Waals surface area contributed by atoms with Crippen molar-refractivity contribution in [1.29, 1.82) is 0 Å². The lowest BCUT2D eigenvalue weighted by Crippen LogP contribution is -2.29. The van der Waals surface area contributed by atoms with E-state index in [1.165, 1.54) is 11.3 Å². The molecule has 2 aromatic rings. The number of carbonyl (C=O) groups is 2. The predicted octanol–water partition coefficient (Wildman–Crippen LogP) is 3.81. The number of rotatable bonds is 6. The molecule has 1 aliphatic carbocycles. The highest BCUT2D eigenvalue weighted by Crippen LogP contribution is 2.32. The van der Waals surface area contributed by atoms with E-state index in [-0.39, 0.29) is 18.6 Å². The van der Waals surface area contributed by atoms with Crippen LogP contribution in [0.5, 0.6) is 0 Å². The molecule has 0 spiro atoms. The van der Waals surface area contributed by atoms with Gasteiger partial charge in [-0.15, -0.1) is 11.3 Å². The lowest BCUT2D eigenvalue weighted by atomic mass is 9.85. The smallest absolute Gasteiger partial charge is 0.346 e. The number of benzene rings is 1. The van der Waals surface area contributed by atoms with Crippen molar-refractivity contribution in [1.82, 2.24) is 5.32 Å². The summed E-state index contributed by atoms with van der Waals surface area (Å²) >= 11 is 1.26. The van der Waals surface area contributed by atoms with E-state index >= 15 is 0 Å². The van der Waals surface area contributed by atoms with E-state index in [9.17, 15) is 14.7 Å². The number of thiophene rings is 1. The molecule has 1 aliphatic rings. The molecule has 1 amide bonds. The second-order valence-corrected chi connectivity index (χ2v) is 7.63. The summed E-state index contributed by atoms with van der Waals surface area (Å²) in [6, 6.07) is 7.59. The van der Waals surface area contributed by atoms with Gasteiger partial charge in [-0.3, -0.25) is 4.79 Å². The molecule has 1 saturated carbocycles. The Hall–Kier alpha value is -1.92. The number of aromatic carboxylic acids is 1. The highest BCUT2D eigenvalue weighted by Gasteiger charge is 2.24. The average Bonchev–Trinajstić information content (AvgIpc) is 2.99. The molecule has 1 aromatic heterocycles. The van der Waals surface area contributed by atoms with E-state index in [0.717, 1.165) is 35.8 Å². The van der Waals surface area contributed by atoms with Gasteiger partial charge in [0.1, 0.15) is 4.88 Å². The molecule has 1 aromatic carbocycles. The van der Waals surface area contributed by atoms with Crippen LogP contribution in [0.2, 0.25) is 0 Å². The molecule has 0 bridgehead atoms. The summed E-state index contributed by atoms with van der Waals surface area (Å²) in [4.78, 5) is 24.1. The summed E-state index contributed by atoms with van der Waals surface area (Å²) in [5.41, 5.74) is 0.694. The van der Waals surface area contributed by atoms with Crippen LogP contribution in [0.25, 0.3) is 10.1 Å². The van der Waals surface area contributed by atoms with E-state index in [4.69, 9.17) is 4.74 Å². The van der Waals surface area contributed by atoms with Crippen LogP contribution in [0.15, 0.2) is 24.3 Å². The van der Waals surface area contributed by atoms with Crippen LogP contribution in [-0.2, 0) is 16.1 Å². The molecule has 2 N–H and O–H groups in total. The van der Waals surface area contributed by atoms with Gasteiger partial charge in [0, 0.05) is 30.3 Å². The zero-order valence-electron chi connectivity index (χ0n) is 14.3. The monoisotopic (exact) mass is 361 g/mol. The van der Waals surface area contributed by atoms with Crippen LogP contribution in [0, 0.1) is 5.92 Å². The summed E-state index contributed by atoms with van der Waals surface area (Å²) in [5, 5.41) is 13.3. The summed E-state index contributed by atoms with van der Waals surface area (Å²) in [7, 11) is 1.72. The van der Waals surface area contributed by atoms with Gasteiger partial charge in [-0.05, 0) is 36.6 Å². The first-order valence-electron chi connectivity index (χ1n) is 8.61. The number of carboxylic acids is 1. The lowest BCUT2D eigenvalue weighted by Gasteiger charge is -2.27. The first kappa shape index (κ1) is 17.9. The van der Waals surface area contributed by atoms with Gasteiger partial charge >= 0.3 is 5.97 Å². The van der Waals surface area contributed by atoms with Crippen molar-refractivity contribution in [3.8, 4) is 0 Å². The Balaban J connectivity index is 1.65. The topological polar surface area (TPSA) is 75.6 Å². The Bertz CT molecular complexity index is 770. The van der Waals surface area contributed by atoms with Crippen LogP contribution in [0.3, 0.4) is 0 Å². The second-order valence-electron chi connectivity index (χ2n) is 6.58. The SMILES string of the molecule is COC1CCCC(CC(=O)NCc2c(C(=O)O)sc3ccccc23)C1. The maximum absolute atomic E-state index is 12.3. The van der Waals surface area contributed by atoms with Crippen molar-refractivity contribution in [3.05, 3.63) is 34.7 Å². The summed E-state index contributed by atoms with van der Waals surface area (Å²) in [5.74, 6) is -0.620. The second kappa shape index (κ2) is 7.97. The molecule has 25 heavy (non-hydrogen) atoms. The fraction of sp³-hybridized carbons (Fsp3) is 0.474. The molecule has 0 radical (unpaired) electrons. The van der Waals surface area contributed by atoms with Crippen molar-refractivity contribution in [2.45, 2.75) is 44.8 Å². The maximum atomic E-state index is 12.3. The summed E-state index contributed by atoms with van der Waals surface area (Å²) in [6.07, 6.45) is 4.86. The van der Waals surface area contributed by atoms with E-state index in [1.54, 1.807) is 7.11 Å². The van der Waals surface area contributed by atoms with Crippen LogP contribution in [0.4, 0.5) is 0 Å². The van der Waals surface area contributed by atoms with Gasteiger partial charge in [0.25, 0.3) is 0 Å². The van der Waals surface area contributed by atoms with Gasteiger partial charge in [-0.25, -0.2) is 4.79 Å². The summed E-state index contributed by atoms with van der Waals surface area (Å²) < 4.78 is 6.35. The molecule has 6 heteroatoms. The fourth-order valence-electron chi connectivity index (χ4n) is 3.61. The Labute approximate surface area is 151 Å². The molecule has 1 fully saturated rings. The third-order valence-corrected chi connectivity index (χ3v) is 6.10. The molecule has 1 heterocycles. The normalized spacial score (nSPS) is 20.5. The first-order chi connectivity index (χ1) is 12.1. The molecule has 134 valence electrons. The zero-order valence-corrected chi connectivity index (χ0v) is 15.1. The van der Waals surface area contributed by atoms with Crippen LogP contribution < -0.4 is 5.32 Å². The van der Waals surface area contributed by atoms with Gasteiger partial charge in [0.05, 0.1) is 6.10 Å². The Morgan fingerprint density at radius 3 is 2.88 bits per heavy atom. The molecule has 2 atom stereocenters. The van der Waals surface area contributed by atoms with E-state index in [1.807, 2.05) is 24.3 Å². The van der Waals surface area contributed by atoms with Crippen molar-refractivity contribution in [2.24, 2.45) is 5.92 Å². The Morgan fingerprint density at radius 2 is 2.12 bits per heavy atom. The number of hydrogen-bond acceptors (Lipinski definition) is 4. The number of carbonyl (C=O) groups excluding carboxylic acids is 1. The van der Waals surface area contributed by atoms with Crippen LogP contribution >= 0.6 is 11.3 Å². The van der Waals surface area contributed by atoms with E-state index < -0.39 is 5.97 Å². The molecule has 0 aliphatic heterocycles. The van der Waals surface area contributed by atoms with Crippen LogP contribution in [0.1, 0.15) is 47.3 Å². The maximum Gasteiger partial charge on any atom is 0.346 e. The average molecular weight is 361 g/mol. The van der Waals surface area contributed by atoms with Gasteiger partial charge in [0.15, 0.2) is 0 Å². The van der Waals surface area contributed by atoms with E-state index in [2.05, 4.69) is 5.32 Å². The van der Waals surface area contributed by atoms with E-state index in [0.29, 0.717) is 22.8 Å². The molecule has 5 nitrogen and oxygen atoms in total. The highest BCUT2D eigenvalue weighted by molar-refractivity contribution is 7.21. The largest absolute Gasteiger partial charge is 0.477 e. The number of amides is 1. The molecule has 3 rings (SSSR count). The fourth-order valence-corrected chi connectivity index (χ4v) is 4.67. The number of ether oxygens (including phenoxy) is 1. The number of methoxy groups -OCH3 is 1. The number of hydrogen-bond donors (Lipinski definition) is 2. The van der Waals surface area contributed by atoms with Crippen molar-refractivity contribution in [2.75, 3.05) is 7.11 Å². The Kier molecular flexibility index (Phi) is 5.71. The first-order valence-corrected chi connectivity index (χ1v) is 9.43.